The predicted molar refractivity (Wildman–Crippen MR) is 86.6 cm³/mol. The van der Waals surface area contributed by atoms with Gasteiger partial charge in [-0.1, -0.05) is 44.2 Å². The zero-order valence-electron chi connectivity index (χ0n) is 13.4. The van der Waals surface area contributed by atoms with Crippen molar-refractivity contribution in [2.45, 2.75) is 44.9 Å². The molecular formula is C20H20F4. The summed E-state index contributed by atoms with van der Waals surface area (Å²) < 4.78 is 54.0. The van der Waals surface area contributed by atoms with Crippen LogP contribution in [-0.4, -0.2) is 0 Å². The molecule has 0 bridgehead atoms. The smallest absolute Gasteiger partial charge is 0.194 e. The molecule has 2 aromatic rings. The molecule has 0 aliphatic heterocycles. The summed E-state index contributed by atoms with van der Waals surface area (Å²) in [6, 6.07) is 6.34. The van der Waals surface area contributed by atoms with Crippen molar-refractivity contribution in [3.05, 3.63) is 59.2 Å². The first-order chi connectivity index (χ1) is 11.5. The third-order valence-corrected chi connectivity index (χ3v) is 4.89. The summed E-state index contributed by atoms with van der Waals surface area (Å²) in [7, 11) is 0. The molecule has 1 aliphatic carbocycles. The van der Waals surface area contributed by atoms with E-state index in [1.807, 2.05) is 0 Å². The van der Waals surface area contributed by atoms with Crippen molar-refractivity contribution in [3.8, 4) is 11.1 Å². The molecule has 0 heterocycles. The number of benzene rings is 2. The van der Waals surface area contributed by atoms with Crippen LogP contribution >= 0.6 is 0 Å². The Balaban J connectivity index is 1.75. The normalized spacial score (nSPS) is 15.7. The third-order valence-electron chi connectivity index (χ3n) is 4.89. The minimum atomic E-state index is -1.54. The van der Waals surface area contributed by atoms with Gasteiger partial charge in [-0.25, -0.2) is 17.6 Å². The van der Waals surface area contributed by atoms with Crippen molar-refractivity contribution in [1.29, 1.82) is 0 Å². The van der Waals surface area contributed by atoms with E-state index in [0.29, 0.717) is 5.92 Å². The van der Waals surface area contributed by atoms with Gasteiger partial charge in [-0.05, 0) is 48.1 Å². The number of hydrogen-bond acceptors (Lipinski definition) is 0. The van der Waals surface area contributed by atoms with E-state index < -0.39 is 23.3 Å². The van der Waals surface area contributed by atoms with Gasteiger partial charge in [0, 0.05) is 5.56 Å². The van der Waals surface area contributed by atoms with E-state index in [4.69, 9.17) is 0 Å². The molecule has 128 valence electrons. The summed E-state index contributed by atoms with van der Waals surface area (Å²) in [6.45, 7) is 0. The van der Waals surface area contributed by atoms with Crippen LogP contribution in [0.3, 0.4) is 0 Å². The fraction of sp³-hybridized carbons (Fsp3) is 0.400. The molecule has 0 atom stereocenters. The molecule has 0 saturated heterocycles. The Morgan fingerprint density at radius 2 is 1.46 bits per heavy atom. The van der Waals surface area contributed by atoms with Crippen LogP contribution in [0.4, 0.5) is 17.6 Å². The lowest BCUT2D eigenvalue weighted by atomic mass is 9.85. The van der Waals surface area contributed by atoms with Gasteiger partial charge in [0.1, 0.15) is 5.82 Å². The minimum Gasteiger partial charge on any atom is -0.206 e. The topological polar surface area (TPSA) is 0 Å². The van der Waals surface area contributed by atoms with Crippen LogP contribution in [0.5, 0.6) is 0 Å². The Morgan fingerprint density at radius 3 is 2.08 bits per heavy atom. The fourth-order valence-corrected chi connectivity index (χ4v) is 3.51. The largest absolute Gasteiger partial charge is 0.206 e. The van der Waals surface area contributed by atoms with Crippen molar-refractivity contribution in [2.24, 2.45) is 5.92 Å². The SMILES string of the molecule is Fc1cc(CCC2CCCCC2)ccc1-c1cc(F)c(F)c(F)c1. The highest BCUT2D eigenvalue weighted by Gasteiger charge is 2.16. The first kappa shape index (κ1) is 17.0. The predicted octanol–water partition coefficient (Wildman–Crippen LogP) is 6.42. The highest BCUT2D eigenvalue weighted by atomic mass is 19.2. The maximum absolute atomic E-state index is 14.3. The molecule has 0 amide bonds. The van der Waals surface area contributed by atoms with Crippen LogP contribution in [0.2, 0.25) is 0 Å². The summed E-state index contributed by atoms with van der Waals surface area (Å²) in [5.74, 6) is -4.00. The second-order valence-electron chi connectivity index (χ2n) is 6.61. The number of halogens is 4. The van der Waals surface area contributed by atoms with Gasteiger partial charge in [0.2, 0.25) is 0 Å². The molecule has 0 unspecified atom stereocenters. The van der Waals surface area contributed by atoms with E-state index in [-0.39, 0.29) is 11.1 Å². The number of rotatable bonds is 4. The third kappa shape index (κ3) is 3.80. The summed E-state index contributed by atoms with van der Waals surface area (Å²) in [5, 5.41) is 0. The summed E-state index contributed by atoms with van der Waals surface area (Å²) in [5.41, 5.74) is 0.960. The van der Waals surface area contributed by atoms with Gasteiger partial charge in [0.05, 0.1) is 0 Å². The first-order valence-electron chi connectivity index (χ1n) is 8.48. The van der Waals surface area contributed by atoms with Gasteiger partial charge in [-0.3, -0.25) is 0 Å². The Morgan fingerprint density at radius 1 is 0.792 bits per heavy atom. The molecule has 1 aliphatic rings. The number of hydrogen-bond donors (Lipinski definition) is 0. The van der Waals surface area contributed by atoms with Crippen LogP contribution in [0.1, 0.15) is 44.1 Å². The minimum absolute atomic E-state index is 0.00253. The molecule has 4 heteroatoms. The van der Waals surface area contributed by atoms with Crippen molar-refractivity contribution in [1.82, 2.24) is 0 Å². The standard InChI is InChI=1S/C20H20F4/c21-17-10-14(7-6-13-4-2-1-3-5-13)8-9-16(17)15-11-18(22)20(24)19(23)12-15/h8-13H,1-7H2. The average molecular weight is 336 g/mol. The van der Waals surface area contributed by atoms with Gasteiger partial charge in [-0.15, -0.1) is 0 Å². The number of aryl methyl sites for hydroxylation is 1. The maximum atomic E-state index is 14.3. The van der Waals surface area contributed by atoms with E-state index in [2.05, 4.69) is 0 Å². The van der Waals surface area contributed by atoms with Crippen LogP contribution in [-0.2, 0) is 6.42 Å². The van der Waals surface area contributed by atoms with Crippen LogP contribution in [0.15, 0.2) is 30.3 Å². The van der Waals surface area contributed by atoms with Gasteiger partial charge >= 0.3 is 0 Å². The fourth-order valence-electron chi connectivity index (χ4n) is 3.51. The Hall–Kier alpha value is -1.84. The van der Waals surface area contributed by atoms with Crippen molar-refractivity contribution < 1.29 is 17.6 Å². The quantitative estimate of drug-likeness (QED) is 0.446. The average Bonchev–Trinajstić information content (AvgIpc) is 2.58. The molecule has 24 heavy (non-hydrogen) atoms. The lowest BCUT2D eigenvalue weighted by Gasteiger charge is -2.21. The lowest BCUT2D eigenvalue weighted by molar-refractivity contribution is 0.339. The van der Waals surface area contributed by atoms with E-state index >= 15 is 0 Å². The summed E-state index contributed by atoms with van der Waals surface area (Å²) in [4.78, 5) is 0. The van der Waals surface area contributed by atoms with E-state index in [1.165, 1.54) is 44.2 Å². The molecule has 0 aromatic heterocycles. The van der Waals surface area contributed by atoms with Gasteiger partial charge in [-0.2, -0.15) is 0 Å². The van der Waals surface area contributed by atoms with Crippen LogP contribution in [0.25, 0.3) is 11.1 Å². The molecule has 0 nitrogen and oxygen atoms in total. The second-order valence-corrected chi connectivity index (χ2v) is 6.61. The molecule has 0 N–H and O–H groups in total. The molecule has 0 radical (unpaired) electrons. The molecule has 2 aromatic carbocycles. The van der Waals surface area contributed by atoms with Crippen molar-refractivity contribution in [3.63, 3.8) is 0 Å². The zero-order valence-corrected chi connectivity index (χ0v) is 13.4. The maximum Gasteiger partial charge on any atom is 0.194 e. The Labute approximate surface area is 139 Å². The van der Waals surface area contributed by atoms with Gasteiger partial charge in [0.25, 0.3) is 0 Å². The molecule has 0 spiro atoms. The molecule has 1 saturated carbocycles. The lowest BCUT2D eigenvalue weighted by Crippen LogP contribution is -2.07. The van der Waals surface area contributed by atoms with Crippen molar-refractivity contribution in [2.75, 3.05) is 0 Å². The highest BCUT2D eigenvalue weighted by molar-refractivity contribution is 5.64. The van der Waals surface area contributed by atoms with E-state index in [1.54, 1.807) is 6.07 Å². The summed E-state index contributed by atoms with van der Waals surface area (Å²) in [6.07, 6.45) is 8.19. The van der Waals surface area contributed by atoms with E-state index in [9.17, 15) is 17.6 Å². The highest BCUT2D eigenvalue weighted by Crippen LogP contribution is 2.30. The van der Waals surface area contributed by atoms with Gasteiger partial charge < -0.3 is 0 Å². The monoisotopic (exact) mass is 336 g/mol. The molecule has 1 fully saturated rings. The van der Waals surface area contributed by atoms with E-state index in [0.717, 1.165) is 30.5 Å². The van der Waals surface area contributed by atoms with Gasteiger partial charge in [0.15, 0.2) is 17.5 Å². The summed E-state index contributed by atoms with van der Waals surface area (Å²) >= 11 is 0. The first-order valence-corrected chi connectivity index (χ1v) is 8.48. The van der Waals surface area contributed by atoms with Crippen LogP contribution in [0, 0.1) is 29.2 Å². The Bertz CT molecular complexity index is 695. The zero-order chi connectivity index (χ0) is 17.1. The second kappa shape index (κ2) is 7.37. The van der Waals surface area contributed by atoms with Crippen LogP contribution < -0.4 is 0 Å². The Kier molecular flexibility index (Phi) is 5.22. The van der Waals surface area contributed by atoms with Crippen molar-refractivity contribution >= 4 is 0 Å². The molecule has 3 rings (SSSR count). The molecular weight excluding hydrogens is 316 g/mol.